The Kier molecular flexibility index (Phi) is 27.3. The second kappa shape index (κ2) is 31.0. The number of amides is 10. The Hall–Kier alpha value is -6.58. The molecule has 0 saturated carbocycles. The van der Waals surface area contributed by atoms with Crippen LogP contribution in [0.2, 0.25) is 0 Å². The van der Waals surface area contributed by atoms with Crippen LogP contribution in [0.4, 0.5) is 0 Å². The van der Waals surface area contributed by atoms with Gasteiger partial charge in [0.2, 0.25) is 59.1 Å². The van der Waals surface area contributed by atoms with Crippen LogP contribution in [0.15, 0.2) is 0 Å². The summed E-state index contributed by atoms with van der Waals surface area (Å²) >= 11 is 4.17. The van der Waals surface area contributed by atoms with Crippen molar-refractivity contribution in [3.8, 4) is 0 Å². The summed E-state index contributed by atoms with van der Waals surface area (Å²) in [6, 6.07) is -13.1. The topological polar surface area (TPSA) is 448 Å². The van der Waals surface area contributed by atoms with Crippen molar-refractivity contribution in [1.29, 1.82) is 0 Å². The molecule has 16 N–H and O–H groups in total. The normalized spacial score (nSPS) is 17.0. The van der Waals surface area contributed by atoms with Crippen molar-refractivity contribution >= 4 is 89.6 Å². The lowest BCUT2D eigenvalue weighted by atomic mass is 9.98. The summed E-state index contributed by atoms with van der Waals surface area (Å²) in [6.45, 7) is 9.82. The number of carboxylic acids is 3. The number of aliphatic carboxylic acids is 3. The van der Waals surface area contributed by atoms with Crippen LogP contribution < -0.4 is 54.4 Å². The van der Waals surface area contributed by atoms with Gasteiger partial charge in [-0.25, -0.2) is 4.79 Å². The number of thiol groups is 1. The first-order chi connectivity index (χ1) is 33.5. The van der Waals surface area contributed by atoms with E-state index in [1.165, 1.54) is 13.8 Å². The SMILES string of the molecule is CC[C@H](C)[C@H](NC(=O)[C@@H]1CCCN1C(=O)[C@H](CC(N)=O)NC(=O)[C@H](CS)NC(=O)[C@@H](NC(=O)[C@H](CCC(N)=O)NC(=O)[C@H](CCC(=O)O)NC(=O)[C@H](CC(C)C)NC(=O)[C@@H](N)CCC(=O)O)C(C)C)C(=O)O. The van der Waals surface area contributed by atoms with Crippen molar-refractivity contribution in [2.75, 3.05) is 12.3 Å². The third kappa shape index (κ3) is 21.8. The molecule has 1 rings (SSSR count). The van der Waals surface area contributed by atoms with Crippen molar-refractivity contribution in [3.05, 3.63) is 0 Å². The quantitative estimate of drug-likeness (QED) is 0.0282. The van der Waals surface area contributed by atoms with Crippen LogP contribution in [0.5, 0.6) is 0 Å². The number of carbonyl (C=O) groups excluding carboxylic acids is 10. The number of rotatable bonds is 33. The maximum Gasteiger partial charge on any atom is 0.326 e. The van der Waals surface area contributed by atoms with E-state index in [9.17, 15) is 72.5 Å². The molecule has 1 heterocycles. The number of hydrogen-bond donors (Lipinski definition) is 14. The Labute approximate surface area is 422 Å². The van der Waals surface area contributed by atoms with Gasteiger partial charge < -0.3 is 74.6 Å². The van der Waals surface area contributed by atoms with Gasteiger partial charge in [0.1, 0.15) is 48.3 Å². The highest BCUT2D eigenvalue weighted by Gasteiger charge is 2.41. The molecule has 0 bridgehead atoms. The van der Waals surface area contributed by atoms with Gasteiger partial charge in [-0.05, 0) is 56.3 Å². The van der Waals surface area contributed by atoms with E-state index < -0.39 is 187 Å². The summed E-state index contributed by atoms with van der Waals surface area (Å²) < 4.78 is 0. The van der Waals surface area contributed by atoms with E-state index in [2.05, 4.69) is 49.8 Å². The molecule has 0 aliphatic carbocycles. The molecule has 406 valence electrons. The predicted octanol–water partition coefficient (Wildman–Crippen LogP) is -3.67. The van der Waals surface area contributed by atoms with E-state index in [-0.39, 0.29) is 31.7 Å². The number of primary amides is 2. The summed E-state index contributed by atoms with van der Waals surface area (Å²) in [7, 11) is 0. The Morgan fingerprint density at radius 2 is 1.08 bits per heavy atom. The van der Waals surface area contributed by atoms with Crippen LogP contribution in [0.25, 0.3) is 0 Å². The van der Waals surface area contributed by atoms with Crippen molar-refractivity contribution in [3.63, 3.8) is 0 Å². The van der Waals surface area contributed by atoms with Gasteiger partial charge in [-0.1, -0.05) is 48.0 Å². The number of nitrogens with two attached hydrogens (primary N) is 3. The Bertz CT molecular complexity index is 1990. The zero-order valence-corrected chi connectivity index (χ0v) is 42.3. The molecule has 0 aromatic heterocycles. The van der Waals surface area contributed by atoms with Gasteiger partial charge in [0.15, 0.2) is 0 Å². The number of nitrogens with one attached hydrogen (secondary N) is 7. The fourth-order valence-corrected chi connectivity index (χ4v) is 7.64. The molecule has 10 amide bonds. The summed E-state index contributed by atoms with van der Waals surface area (Å²) in [5.74, 6) is -15.3. The largest absolute Gasteiger partial charge is 0.481 e. The lowest BCUT2D eigenvalue weighted by molar-refractivity contribution is -0.146. The fourth-order valence-electron chi connectivity index (χ4n) is 7.38. The molecule has 1 fully saturated rings. The fraction of sp³-hybridized carbons (Fsp3) is 0.705. The van der Waals surface area contributed by atoms with Gasteiger partial charge >= 0.3 is 17.9 Å². The van der Waals surface area contributed by atoms with Gasteiger partial charge in [-0.3, -0.25) is 57.5 Å². The van der Waals surface area contributed by atoms with Gasteiger partial charge in [0.05, 0.1) is 12.5 Å². The smallest absolute Gasteiger partial charge is 0.326 e. The molecule has 10 atom stereocenters. The van der Waals surface area contributed by atoms with E-state index >= 15 is 0 Å². The average Bonchev–Trinajstić information content (AvgIpc) is 3.79. The summed E-state index contributed by atoms with van der Waals surface area (Å²) in [4.78, 5) is 168. The Balaban J connectivity index is 3.37. The standard InChI is InChI=1S/C44H73N11O16S/c1-7-22(6)35(44(70)71)54-41(67)29-9-8-16-55(29)43(69)27(18-31(47)57)51-40(66)28(19-72)52-42(68)34(21(4)5)53-38(64)24(11-13-30(46)56)48-37(63)25(12-15-33(60)61)49-39(65)26(17-20(2)3)50-36(62)23(45)10-14-32(58)59/h20-29,34-35,72H,7-19,45H2,1-6H3,(H2,46,56)(H2,47,57)(H,48,63)(H,49,65)(H,50,62)(H,51,66)(H,52,68)(H,53,64)(H,54,67)(H,58,59)(H,60,61)(H,70,71)/t22-,23-,24-,25-,26-,27-,28-,29-,34-,35-/m0/s1. The molecule has 0 unspecified atom stereocenters. The first-order valence-corrected chi connectivity index (χ1v) is 24.2. The first-order valence-electron chi connectivity index (χ1n) is 23.6. The minimum Gasteiger partial charge on any atom is -0.481 e. The monoisotopic (exact) mass is 1040 g/mol. The van der Waals surface area contributed by atoms with Crippen molar-refractivity contribution in [2.24, 2.45) is 35.0 Å². The molecule has 0 aromatic carbocycles. The lowest BCUT2D eigenvalue weighted by Gasteiger charge is -2.31. The highest BCUT2D eigenvalue weighted by atomic mass is 32.1. The molecule has 72 heavy (non-hydrogen) atoms. The van der Waals surface area contributed by atoms with Crippen molar-refractivity contribution < 1.29 is 77.6 Å². The van der Waals surface area contributed by atoms with Crippen LogP contribution in [-0.4, -0.2) is 164 Å². The highest BCUT2D eigenvalue weighted by molar-refractivity contribution is 7.80. The van der Waals surface area contributed by atoms with E-state index in [1.54, 1.807) is 27.7 Å². The number of carbonyl (C=O) groups is 13. The number of likely N-dealkylation sites (tertiary alicyclic amines) is 1. The van der Waals surface area contributed by atoms with Crippen LogP contribution in [-0.2, 0) is 62.3 Å². The zero-order chi connectivity index (χ0) is 55.2. The molecule has 0 aromatic rings. The summed E-state index contributed by atoms with van der Waals surface area (Å²) in [5.41, 5.74) is 16.6. The molecule has 1 aliphatic heterocycles. The highest BCUT2D eigenvalue weighted by Crippen LogP contribution is 2.21. The Morgan fingerprint density at radius 1 is 0.597 bits per heavy atom. The minimum atomic E-state index is -1.67. The first kappa shape index (κ1) is 63.4. The van der Waals surface area contributed by atoms with E-state index in [0.717, 1.165) is 4.90 Å². The van der Waals surface area contributed by atoms with Crippen LogP contribution in [0.1, 0.15) is 112 Å². The van der Waals surface area contributed by atoms with Crippen molar-refractivity contribution in [2.45, 2.75) is 167 Å². The number of nitrogens with zero attached hydrogens (tertiary/aromatic N) is 1. The zero-order valence-electron chi connectivity index (χ0n) is 41.4. The maximum atomic E-state index is 13.9. The van der Waals surface area contributed by atoms with E-state index in [4.69, 9.17) is 22.3 Å². The molecular formula is C44H73N11O16S. The third-order valence-corrected chi connectivity index (χ3v) is 12.0. The molecule has 0 spiro atoms. The van der Waals surface area contributed by atoms with Gasteiger partial charge in [-0.2, -0.15) is 12.6 Å². The summed E-state index contributed by atoms with van der Waals surface area (Å²) in [5, 5.41) is 45.0. The van der Waals surface area contributed by atoms with Crippen LogP contribution >= 0.6 is 12.6 Å². The third-order valence-electron chi connectivity index (χ3n) is 11.6. The maximum absolute atomic E-state index is 13.9. The molecule has 0 radical (unpaired) electrons. The minimum absolute atomic E-state index is 0.00362. The Morgan fingerprint density at radius 3 is 1.57 bits per heavy atom. The van der Waals surface area contributed by atoms with Gasteiger partial charge in [-0.15, -0.1) is 0 Å². The summed E-state index contributed by atoms with van der Waals surface area (Å²) in [6.07, 6.45) is -2.73. The van der Waals surface area contributed by atoms with Gasteiger partial charge in [0.25, 0.3) is 0 Å². The number of hydrogen-bond acceptors (Lipinski definition) is 15. The van der Waals surface area contributed by atoms with Gasteiger partial charge in [0, 0.05) is 31.6 Å². The average molecular weight is 1040 g/mol. The second-order valence-corrected chi connectivity index (χ2v) is 18.8. The van der Waals surface area contributed by atoms with E-state index in [1.807, 2.05) is 0 Å². The number of carboxylic acid groups (broad SMARTS) is 3. The van der Waals surface area contributed by atoms with Crippen LogP contribution in [0, 0.1) is 17.8 Å². The van der Waals surface area contributed by atoms with Crippen molar-refractivity contribution in [1.82, 2.24) is 42.1 Å². The molecule has 27 nitrogen and oxygen atoms in total. The van der Waals surface area contributed by atoms with E-state index in [0.29, 0.717) is 12.8 Å². The second-order valence-electron chi connectivity index (χ2n) is 18.4. The molecule has 28 heteroatoms. The predicted molar refractivity (Wildman–Crippen MR) is 257 cm³/mol. The lowest BCUT2D eigenvalue weighted by Crippen LogP contribution is -2.61. The molecular weight excluding hydrogens is 971 g/mol. The van der Waals surface area contributed by atoms with Crippen LogP contribution in [0.3, 0.4) is 0 Å². The molecule has 1 aliphatic rings. The molecule has 1 saturated heterocycles.